The van der Waals surface area contributed by atoms with Gasteiger partial charge in [-0.3, -0.25) is 0 Å². The Balaban J connectivity index is 1.67. The Morgan fingerprint density at radius 1 is 1.06 bits per heavy atom. The fourth-order valence-electron chi connectivity index (χ4n) is 3.38. The fourth-order valence-corrected chi connectivity index (χ4v) is 3.38. The third-order valence-corrected chi connectivity index (χ3v) is 4.87. The Kier molecular flexibility index (Phi) is 3.91. The lowest BCUT2D eigenvalue weighted by atomic mass is 9.89. The van der Waals surface area contributed by atoms with Gasteiger partial charge in [-0.15, -0.1) is 0 Å². The van der Waals surface area contributed by atoms with Crippen LogP contribution in [0.15, 0.2) is 0 Å². The van der Waals surface area contributed by atoms with Gasteiger partial charge in [0.15, 0.2) is 0 Å². The molecule has 1 atom stereocenters. The van der Waals surface area contributed by atoms with Crippen LogP contribution in [-0.2, 0) is 0 Å². The summed E-state index contributed by atoms with van der Waals surface area (Å²) in [4.78, 5) is 2.57. The van der Waals surface area contributed by atoms with Gasteiger partial charge in [0, 0.05) is 6.04 Å². The van der Waals surface area contributed by atoms with Crippen molar-refractivity contribution in [2.45, 2.75) is 44.6 Å². The van der Waals surface area contributed by atoms with Crippen LogP contribution >= 0.6 is 0 Å². The molecule has 0 spiro atoms. The van der Waals surface area contributed by atoms with Gasteiger partial charge in [-0.1, -0.05) is 0 Å². The minimum Gasteiger partial charge on any atom is -0.328 e. The van der Waals surface area contributed by atoms with Gasteiger partial charge in [0.25, 0.3) is 0 Å². The van der Waals surface area contributed by atoms with E-state index in [2.05, 4.69) is 26.0 Å². The molecule has 2 aliphatic heterocycles. The summed E-state index contributed by atoms with van der Waals surface area (Å²) >= 11 is 0. The maximum atomic E-state index is 2.57. The van der Waals surface area contributed by atoms with Crippen molar-refractivity contribution in [1.82, 2.24) is 4.90 Å². The van der Waals surface area contributed by atoms with Crippen LogP contribution in [0.4, 0.5) is 0 Å². The summed E-state index contributed by atoms with van der Waals surface area (Å²) in [5, 5.41) is 0. The van der Waals surface area contributed by atoms with E-state index in [-0.39, 0.29) is 0 Å². The topological polar surface area (TPSA) is 3.24 Å². The predicted molar refractivity (Wildman–Crippen MR) is 69.5 cm³/mol. The largest absolute Gasteiger partial charge is 0.328 e. The van der Waals surface area contributed by atoms with Gasteiger partial charge < -0.3 is 9.38 Å². The summed E-state index contributed by atoms with van der Waals surface area (Å²) in [7, 11) is 7.06. The molecule has 2 nitrogen and oxygen atoms in total. The predicted octanol–water partition coefficient (Wildman–Crippen LogP) is 2.35. The molecule has 2 saturated heterocycles. The third-order valence-electron chi connectivity index (χ3n) is 4.87. The van der Waals surface area contributed by atoms with E-state index in [1.807, 2.05) is 0 Å². The highest BCUT2D eigenvalue weighted by Crippen LogP contribution is 2.27. The highest BCUT2D eigenvalue weighted by atomic mass is 15.3. The van der Waals surface area contributed by atoms with Crippen LogP contribution in [0, 0.1) is 5.92 Å². The van der Waals surface area contributed by atoms with Gasteiger partial charge >= 0.3 is 0 Å². The number of hydrogen-bond acceptors (Lipinski definition) is 1. The maximum absolute atomic E-state index is 2.57. The monoisotopic (exact) mass is 225 g/mol. The highest BCUT2D eigenvalue weighted by Gasteiger charge is 2.27. The van der Waals surface area contributed by atoms with Crippen LogP contribution in [0.25, 0.3) is 0 Å². The van der Waals surface area contributed by atoms with Crippen LogP contribution < -0.4 is 0 Å². The van der Waals surface area contributed by atoms with E-state index in [1.54, 1.807) is 0 Å². The fraction of sp³-hybridized carbons (Fsp3) is 1.00. The molecule has 0 saturated carbocycles. The first-order chi connectivity index (χ1) is 7.57. The van der Waals surface area contributed by atoms with Crippen molar-refractivity contribution in [3.63, 3.8) is 0 Å². The first-order valence-electron chi connectivity index (χ1n) is 7.09. The molecule has 0 aromatic carbocycles. The first-order valence-corrected chi connectivity index (χ1v) is 7.09. The van der Waals surface area contributed by atoms with Crippen molar-refractivity contribution in [3.8, 4) is 0 Å². The Morgan fingerprint density at radius 2 is 1.75 bits per heavy atom. The van der Waals surface area contributed by atoms with Gasteiger partial charge in [0.1, 0.15) is 0 Å². The molecule has 0 N–H and O–H groups in total. The molecule has 2 rings (SSSR count). The molecule has 0 aromatic heterocycles. The molecular formula is C14H29N2+. The SMILES string of the molecule is CN1CCCC1CCC1CC[N+](C)(C)CC1. The van der Waals surface area contributed by atoms with Crippen LogP contribution in [0.3, 0.4) is 0 Å². The van der Waals surface area contributed by atoms with Crippen molar-refractivity contribution in [2.24, 2.45) is 5.92 Å². The van der Waals surface area contributed by atoms with Crippen LogP contribution in [-0.4, -0.2) is 56.2 Å². The zero-order valence-electron chi connectivity index (χ0n) is 11.4. The second-order valence-electron chi connectivity index (χ2n) is 6.68. The van der Waals surface area contributed by atoms with E-state index in [1.165, 1.54) is 62.6 Å². The summed E-state index contributed by atoms with van der Waals surface area (Å²) in [5.74, 6) is 1.03. The normalized spacial score (nSPS) is 32.1. The molecular weight excluding hydrogens is 196 g/mol. The molecule has 16 heavy (non-hydrogen) atoms. The van der Waals surface area contributed by atoms with Gasteiger partial charge in [-0.25, -0.2) is 0 Å². The molecule has 94 valence electrons. The van der Waals surface area contributed by atoms with E-state index in [0.29, 0.717) is 0 Å². The minimum absolute atomic E-state index is 0.907. The van der Waals surface area contributed by atoms with E-state index < -0.39 is 0 Å². The zero-order valence-corrected chi connectivity index (χ0v) is 11.4. The molecule has 0 radical (unpaired) electrons. The van der Waals surface area contributed by atoms with Crippen LogP contribution in [0.5, 0.6) is 0 Å². The maximum Gasteiger partial charge on any atom is 0.0785 e. The summed E-state index contributed by atoms with van der Waals surface area (Å²) < 4.78 is 1.25. The highest BCUT2D eigenvalue weighted by molar-refractivity contribution is 4.77. The number of likely N-dealkylation sites (tertiary alicyclic amines) is 2. The van der Waals surface area contributed by atoms with Crippen molar-refractivity contribution in [3.05, 3.63) is 0 Å². The van der Waals surface area contributed by atoms with Crippen LogP contribution in [0.2, 0.25) is 0 Å². The third kappa shape index (κ3) is 3.21. The first kappa shape index (κ1) is 12.4. The summed E-state index contributed by atoms with van der Waals surface area (Å²) in [6.07, 6.45) is 8.73. The van der Waals surface area contributed by atoms with E-state index >= 15 is 0 Å². The summed E-state index contributed by atoms with van der Waals surface area (Å²) in [5.41, 5.74) is 0. The number of quaternary nitrogens is 1. The lowest BCUT2D eigenvalue weighted by Gasteiger charge is -2.37. The van der Waals surface area contributed by atoms with Gasteiger partial charge in [-0.05, 0) is 58.0 Å². The van der Waals surface area contributed by atoms with Crippen molar-refractivity contribution in [2.75, 3.05) is 40.8 Å². The standard InChI is InChI=1S/C14H29N2/c1-15-10-4-5-14(15)7-6-13-8-11-16(2,3)12-9-13/h13-14H,4-12H2,1-3H3/q+1. The second kappa shape index (κ2) is 5.05. The van der Waals surface area contributed by atoms with Crippen molar-refractivity contribution in [1.29, 1.82) is 0 Å². The number of nitrogens with zero attached hydrogens (tertiary/aromatic N) is 2. The Labute approximate surface area is 101 Å². The molecule has 2 aliphatic rings. The van der Waals surface area contributed by atoms with Gasteiger partial charge in [-0.2, -0.15) is 0 Å². The van der Waals surface area contributed by atoms with Crippen molar-refractivity contribution >= 4 is 0 Å². The average Bonchev–Trinajstić information content (AvgIpc) is 2.63. The van der Waals surface area contributed by atoms with E-state index in [9.17, 15) is 0 Å². The molecule has 0 amide bonds. The smallest absolute Gasteiger partial charge is 0.0785 e. The molecule has 0 bridgehead atoms. The number of piperidine rings is 1. The molecule has 0 aliphatic carbocycles. The average molecular weight is 225 g/mol. The van der Waals surface area contributed by atoms with Crippen molar-refractivity contribution < 1.29 is 4.48 Å². The Morgan fingerprint density at radius 3 is 2.31 bits per heavy atom. The lowest BCUT2D eigenvalue weighted by molar-refractivity contribution is -0.896. The number of hydrogen-bond donors (Lipinski definition) is 0. The summed E-state index contributed by atoms with van der Waals surface area (Å²) in [6.45, 7) is 4.12. The van der Waals surface area contributed by atoms with E-state index in [4.69, 9.17) is 0 Å². The molecule has 2 heterocycles. The van der Waals surface area contributed by atoms with Gasteiger partial charge in [0.05, 0.1) is 27.2 Å². The molecule has 0 aromatic rings. The second-order valence-corrected chi connectivity index (χ2v) is 6.68. The molecule has 2 heteroatoms. The molecule has 2 fully saturated rings. The molecule has 1 unspecified atom stereocenters. The number of rotatable bonds is 3. The zero-order chi connectivity index (χ0) is 11.6. The lowest BCUT2D eigenvalue weighted by Crippen LogP contribution is -2.46. The van der Waals surface area contributed by atoms with E-state index in [0.717, 1.165) is 12.0 Å². The van der Waals surface area contributed by atoms with Gasteiger partial charge in [0.2, 0.25) is 0 Å². The van der Waals surface area contributed by atoms with Crippen LogP contribution in [0.1, 0.15) is 38.5 Å². The minimum atomic E-state index is 0.907. The Hall–Kier alpha value is -0.0800. The quantitative estimate of drug-likeness (QED) is 0.667. The Bertz CT molecular complexity index is 215. The summed E-state index contributed by atoms with van der Waals surface area (Å²) in [6, 6.07) is 0.907.